The molecule has 0 aliphatic heterocycles. The number of benzene rings is 2. The lowest BCUT2D eigenvalue weighted by atomic mass is 10.2. The Kier molecular flexibility index (Phi) is 5.15. The zero-order valence-corrected chi connectivity index (χ0v) is 14.2. The van der Waals surface area contributed by atoms with Crippen molar-refractivity contribution < 1.29 is 14.3 Å². The van der Waals surface area contributed by atoms with Gasteiger partial charge in [0.1, 0.15) is 10.8 Å². The Morgan fingerprint density at radius 3 is 2.44 bits per heavy atom. The molecule has 126 valence electrons. The molecule has 0 saturated carbocycles. The molecule has 0 aliphatic carbocycles. The van der Waals surface area contributed by atoms with Crippen molar-refractivity contribution in [2.75, 3.05) is 5.32 Å². The van der Waals surface area contributed by atoms with E-state index in [1.165, 1.54) is 18.3 Å². The topological polar surface area (TPSA) is 81.2 Å². The first-order valence-corrected chi connectivity index (χ1v) is 8.38. The Bertz CT molecular complexity index is 876. The minimum Gasteiger partial charge on any atom is -0.427 e. The lowest BCUT2D eigenvalue weighted by molar-refractivity contribution is -0.131. The molecule has 1 heterocycles. The van der Waals surface area contributed by atoms with Crippen LogP contribution in [0.15, 0.2) is 54.6 Å². The minimum atomic E-state index is -0.406. The van der Waals surface area contributed by atoms with Gasteiger partial charge < -0.3 is 4.74 Å². The Balaban J connectivity index is 1.62. The predicted molar refractivity (Wildman–Crippen MR) is 94.9 cm³/mol. The molecule has 7 heteroatoms. The molecule has 2 aromatic carbocycles. The van der Waals surface area contributed by atoms with E-state index in [4.69, 9.17) is 4.74 Å². The van der Waals surface area contributed by atoms with Crippen LogP contribution in [0.1, 0.15) is 27.9 Å². The monoisotopic (exact) mass is 353 g/mol. The van der Waals surface area contributed by atoms with Gasteiger partial charge in [0.25, 0.3) is 5.91 Å². The quantitative estimate of drug-likeness (QED) is 0.562. The molecule has 3 rings (SSSR count). The summed E-state index contributed by atoms with van der Waals surface area (Å²) in [5.41, 5.74) is 1.58. The third kappa shape index (κ3) is 4.71. The number of esters is 1. The fourth-order valence-electron chi connectivity index (χ4n) is 2.16. The van der Waals surface area contributed by atoms with E-state index in [9.17, 15) is 9.59 Å². The summed E-state index contributed by atoms with van der Waals surface area (Å²) in [5.74, 6) is -0.307. The van der Waals surface area contributed by atoms with Crippen molar-refractivity contribution in [3.05, 3.63) is 70.7 Å². The highest BCUT2D eigenvalue weighted by Gasteiger charge is 2.11. The summed E-state index contributed by atoms with van der Waals surface area (Å²) in [6.45, 7) is 1.32. The van der Waals surface area contributed by atoms with Crippen LogP contribution in [0.4, 0.5) is 5.13 Å². The van der Waals surface area contributed by atoms with E-state index in [-0.39, 0.29) is 5.91 Å². The summed E-state index contributed by atoms with van der Waals surface area (Å²) in [6.07, 6.45) is 0.672. The highest BCUT2D eigenvalue weighted by Crippen LogP contribution is 2.20. The lowest BCUT2D eigenvalue weighted by Crippen LogP contribution is -2.11. The van der Waals surface area contributed by atoms with Gasteiger partial charge in [0.05, 0.1) is 0 Å². The first-order chi connectivity index (χ1) is 12.1. The number of hydrogen-bond donors (Lipinski definition) is 1. The SMILES string of the molecule is CC(=O)Oc1ccc(C(=O)Nc2nnc(Cc3ccccc3)s2)cc1. The van der Waals surface area contributed by atoms with Crippen molar-refractivity contribution in [1.29, 1.82) is 0 Å². The summed E-state index contributed by atoms with van der Waals surface area (Å²) in [6, 6.07) is 16.2. The molecule has 0 fully saturated rings. The molecule has 6 nitrogen and oxygen atoms in total. The van der Waals surface area contributed by atoms with Crippen LogP contribution in [0.5, 0.6) is 5.75 Å². The summed E-state index contributed by atoms with van der Waals surface area (Å²) < 4.78 is 4.94. The van der Waals surface area contributed by atoms with E-state index in [1.54, 1.807) is 24.3 Å². The van der Waals surface area contributed by atoms with Gasteiger partial charge in [-0.1, -0.05) is 41.7 Å². The van der Waals surface area contributed by atoms with E-state index in [1.807, 2.05) is 30.3 Å². The number of carbonyl (C=O) groups excluding carboxylic acids is 2. The van der Waals surface area contributed by atoms with Crippen LogP contribution in [-0.2, 0) is 11.2 Å². The zero-order valence-electron chi connectivity index (χ0n) is 13.4. The van der Waals surface area contributed by atoms with Gasteiger partial charge in [-0.05, 0) is 29.8 Å². The summed E-state index contributed by atoms with van der Waals surface area (Å²) >= 11 is 1.34. The maximum atomic E-state index is 12.2. The Labute approximate surface area is 148 Å². The van der Waals surface area contributed by atoms with E-state index in [0.29, 0.717) is 22.9 Å². The van der Waals surface area contributed by atoms with E-state index in [0.717, 1.165) is 10.6 Å². The van der Waals surface area contributed by atoms with Crippen molar-refractivity contribution >= 4 is 28.3 Å². The van der Waals surface area contributed by atoms with Crippen molar-refractivity contribution in [3.63, 3.8) is 0 Å². The minimum absolute atomic E-state index is 0.295. The molecule has 0 aliphatic rings. The first-order valence-electron chi connectivity index (χ1n) is 7.56. The van der Waals surface area contributed by atoms with Gasteiger partial charge in [-0.15, -0.1) is 10.2 Å². The van der Waals surface area contributed by atoms with Gasteiger partial charge in [-0.2, -0.15) is 0 Å². The van der Waals surface area contributed by atoms with Gasteiger partial charge in [-0.3, -0.25) is 14.9 Å². The second-order valence-electron chi connectivity index (χ2n) is 5.24. The number of rotatable bonds is 5. The number of hydrogen-bond acceptors (Lipinski definition) is 6. The number of ether oxygens (including phenoxy) is 1. The summed E-state index contributed by atoms with van der Waals surface area (Å²) in [4.78, 5) is 23.1. The number of carbonyl (C=O) groups is 2. The molecule has 25 heavy (non-hydrogen) atoms. The van der Waals surface area contributed by atoms with Crippen molar-refractivity contribution in [2.24, 2.45) is 0 Å². The fraction of sp³-hybridized carbons (Fsp3) is 0.111. The Morgan fingerprint density at radius 1 is 1.04 bits per heavy atom. The van der Waals surface area contributed by atoms with Crippen LogP contribution in [0.25, 0.3) is 0 Å². The Morgan fingerprint density at radius 2 is 1.76 bits per heavy atom. The predicted octanol–water partition coefficient (Wildman–Crippen LogP) is 3.31. The second kappa shape index (κ2) is 7.67. The van der Waals surface area contributed by atoms with Crippen LogP contribution >= 0.6 is 11.3 Å². The highest BCUT2D eigenvalue weighted by molar-refractivity contribution is 7.15. The zero-order chi connectivity index (χ0) is 17.6. The van der Waals surface area contributed by atoms with E-state index < -0.39 is 5.97 Å². The smallest absolute Gasteiger partial charge is 0.308 e. The molecule has 0 atom stereocenters. The van der Waals surface area contributed by atoms with Crippen molar-refractivity contribution in [2.45, 2.75) is 13.3 Å². The van der Waals surface area contributed by atoms with Gasteiger partial charge in [0.2, 0.25) is 5.13 Å². The molecule has 1 aromatic heterocycles. The van der Waals surface area contributed by atoms with Gasteiger partial charge in [0.15, 0.2) is 0 Å². The number of amides is 1. The number of nitrogens with one attached hydrogen (secondary N) is 1. The van der Waals surface area contributed by atoms with Crippen LogP contribution in [0, 0.1) is 0 Å². The number of aromatic nitrogens is 2. The average molecular weight is 353 g/mol. The lowest BCUT2D eigenvalue weighted by Gasteiger charge is -2.03. The molecule has 1 amide bonds. The first kappa shape index (κ1) is 16.8. The van der Waals surface area contributed by atoms with Gasteiger partial charge in [-0.25, -0.2) is 0 Å². The summed E-state index contributed by atoms with van der Waals surface area (Å²) in [5, 5.41) is 12.1. The molecule has 0 bridgehead atoms. The summed E-state index contributed by atoms with van der Waals surface area (Å²) in [7, 11) is 0. The van der Waals surface area contributed by atoms with Crippen LogP contribution in [0.3, 0.4) is 0 Å². The van der Waals surface area contributed by atoms with Crippen LogP contribution < -0.4 is 10.1 Å². The molecule has 0 saturated heterocycles. The van der Waals surface area contributed by atoms with Crippen LogP contribution in [-0.4, -0.2) is 22.1 Å². The third-order valence-electron chi connectivity index (χ3n) is 3.26. The molecule has 0 radical (unpaired) electrons. The van der Waals surface area contributed by atoms with Gasteiger partial charge >= 0.3 is 5.97 Å². The van der Waals surface area contributed by atoms with E-state index in [2.05, 4.69) is 15.5 Å². The third-order valence-corrected chi connectivity index (χ3v) is 4.10. The molecule has 3 aromatic rings. The number of nitrogens with zero attached hydrogens (tertiary/aromatic N) is 2. The maximum Gasteiger partial charge on any atom is 0.308 e. The molecule has 0 unspecified atom stereocenters. The average Bonchev–Trinajstić information content (AvgIpc) is 3.02. The molecular formula is C18H15N3O3S. The van der Waals surface area contributed by atoms with Gasteiger partial charge in [0, 0.05) is 18.9 Å². The van der Waals surface area contributed by atoms with Crippen LogP contribution in [0.2, 0.25) is 0 Å². The highest BCUT2D eigenvalue weighted by atomic mass is 32.1. The van der Waals surface area contributed by atoms with Crippen molar-refractivity contribution in [3.8, 4) is 5.75 Å². The molecule has 0 spiro atoms. The fourth-order valence-corrected chi connectivity index (χ4v) is 2.92. The molecular weight excluding hydrogens is 338 g/mol. The van der Waals surface area contributed by atoms with E-state index >= 15 is 0 Å². The maximum absolute atomic E-state index is 12.2. The standard InChI is InChI=1S/C18H15N3O3S/c1-12(22)24-15-9-7-14(8-10-15)17(23)19-18-21-20-16(25-18)11-13-5-3-2-4-6-13/h2-10H,11H2,1H3,(H,19,21,23). The normalized spacial score (nSPS) is 10.3. The second-order valence-corrected chi connectivity index (χ2v) is 6.30. The number of anilines is 1. The van der Waals surface area contributed by atoms with Crippen molar-refractivity contribution in [1.82, 2.24) is 10.2 Å². The largest absolute Gasteiger partial charge is 0.427 e. The Hall–Kier alpha value is -3.06. The molecule has 1 N–H and O–H groups in total.